The average Bonchev–Trinajstić information content (AvgIpc) is 2.88. The number of amides is 1. The summed E-state index contributed by atoms with van der Waals surface area (Å²) >= 11 is 0. The lowest BCUT2D eigenvalue weighted by Crippen LogP contribution is -2.38. The van der Waals surface area contributed by atoms with E-state index in [0.717, 1.165) is 23.3 Å². The quantitative estimate of drug-likeness (QED) is 0.398. The van der Waals surface area contributed by atoms with E-state index in [-0.39, 0.29) is 34.7 Å². The molecule has 5 nitrogen and oxygen atoms in total. The molecule has 8 heteroatoms. The summed E-state index contributed by atoms with van der Waals surface area (Å²) in [6.45, 7) is 1.71. The van der Waals surface area contributed by atoms with Gasteiger partial charge in [-0.15, -0.1) is 0 Å². The topological polar surface area (TPSA) is 80.5 Å². The minimum atomic E-state index is -4.00. The molecular weight excluding hydrogens is 494 g/mol. The highest BCUT2D eigenvalue weighted by molar-refractivity contribution is 7.89. The molecule has 0 heterocycles. The molecule has 1 saturated carbocycles. The van der Waals surface area contributed by atoms with Crippen LogP contribution in [0.3, 0.4) is 0 Å². The first-order chi connectivity index (χ1) is 17.7. The van der Waals surface area contributed by atoms with Gasteiger partial charge < -0.3 is 5.73 Å². The van der Waals surface area contributed by atoms with Gasteiger partial charge in [-0.1, -0.05) is 54.1 Å². The van der Waals surface area contributed by atoms with Crippen LogP contribution in [0.1, 0.15) is 48.3 Å². The maximum Gasteiger partial charge on any atom is 0.243 e. The lowest BCUT2D eigenvalue weighted by atomic mass is 9.73. The Morgan fingerprint density at radius 3 is 2.08 bits per heavy atom. The Bertz CT molecular complexity index is 1300. The molecule has 196 valence electrons. The Kier molecular flexibility index (Phi) is 8.39. The summed E-state index contributed by atoms with van der Waals surface area (Å²) in [5, 5.41) is 0. The smallest absolute Gasteiger partial charge is 0.243 e. The standard InChI is InChI=1S/C29H32F2N2O3S/c1-20-10-14-22(15-11-20)28(29(32)34)23-16-12-21(13-17-23)18-33(19-25-26(30)8-5-9-27(25)31)37(35,36)24-6-3-2-4-7-24/h2-11,14-15,21,23,28H,12-13,16-19H2,1H3,(H2,32,34). The van der Waals surface area contributed by atoms with E-state index in [1.165, 1.54) is 22.5 Å². The van der Waals surface area contributed by atoms with Crippen molar-refractivity contribution in [2.45, 2.75) is 50.0 Å². The monoisotopic (exact) mass is 526 g/mol. The molecule has 0 bridgehead atoms. The number of benzene rings is 3. The van der Waals surface area contributed by atoms with Crippen molar-refractivity contribution in [2.24, 2.45) is 17.6 Å². The molecule has 3 aromatic carbocycles. The maximum atomic E-state index is 14.5. The SMILES string of the molecule is Cc1ccc(C(C(N)=O)C2CCC(CN(Cc3c(F)cccc3F)S(=O)(=O)c3ccccc3)CC2)cc1. The van der Waals surface area contributed by atoms with Crippen molar-refractivity contribution >= 4 is 15.9 Å². The first-order valence-corrected chi connectivity index (χ1v) is 13.9. The van der Waals surface area contributed by atoms with Gasteiger partial charge in [-0.2, -0.15) is 4.31 Å². The molecule has 0 radical (unpaired) electrons. The number of hydrogen-bond donors (Lipinski definition) is 1. The molecule has 1 aliphatic carbocycles. The highest BCUT2D eigenvalue weighted by atomic mass is 32.2. The molecule has 0 saturated heterocycles. The maximum absolute atomic E-state index is 14.5. The Balaban J connectivity index is 1.53. The zero-order chi connectivity index (χ0) is 26.6. The Hall–Kier alpha value is -3.10. The fourth-order valence-electron chi connectivity index (χ4n) is 5.28. The summed E-state index contributed by atoms with van der Waals surface area (Å²) in [7, 11) is -4.00. The van der Waals surface area contributed by atoms with E-state index in [9.17, 15) is 22.0 Å². The Morgan fingerprint density at radius 2 is 1.51 bits per heavy atom. The number of halogens is 2. The molecule has 0 spiro atoms. The normalized spacial score (nSPS) is 19.0. The summed E-state index contributed by atoms with van der Waals surface area (Å²) in [5.41, 5.74) is 7.51. The van der Waals surface area contributed by atoms with E-state index in [0.29, 0.717) is 25.7 Å². The van der Waals surface area contributed by atoms with Crippen molar-refractivity contribution in [3.63, 3.8) is 0 Å². The highest BCUT2D eigenvalue weighted by Gasteiger charge is 2.35. The van der Waals surface area contributed by atoms with Crippen LogP contribution in [0, 0.1) is 30.4 Å². The first-order valence-electron chi connectivity index (χ1n) is 12.5. The number of primary amides is 1. The second-order valence-electron chi connectivity index (χ2n) is 9.88. The van der Waals surface area contributed by atoms with Crippen molar-refractivity contribution < 1.29 is 22.0 Å². The number of rotatable bonds is 9. The molecule has 1 atom stereocenters. The van der Waals surface area contributed by atoms with Crippen LogP contribution in [0.2, 0.25) is 0 Å². The highest BCUT2D eigenvalue weighted by Crippen LogP contribution is 2.39. The average molecular weight is 527 g/mol. The summed E-state index contributed by atoms with van der Waals surface area (Å²) in [5.74, 6) is -2.29. The van der Waals surface area contributed by atoms with Gasteiger partial charge in [0.2, 0.25) is 15.9 Å². The van der Waals surface area contributed by atoms with Gasteiger partial charge in [0.15, 0.2) is 0 Å². The molecule has 1 fully saturated rings. The fourth-order valence-corrected chi connectivity index (χ4v) is 6.79. The van der Waals surface area contributed by atoms with Crippen LogP contribution >= 0.6 is 0 Å². The zero-order valence-corrected chi connectivity index (χ0v) is 21.6. The van der Waals surface area contributed by atoms with E-state index in [1.54, 1.807) is 18.2 Å². The van der Waals surface area contributed by atoms with Crippen LogP contribution in [0.15, 0.2) is 77.7 Å². The van der Waals surface area contributed by atoms with E-state index in [1.807, 2.05) is 31.2 Å². The summed E-state index contributed by atoms with van der Waals surface area (Å²) in [6.07, 6.45) is 2.78. The lowest BCUT2D eigenvalue weighted by Gasteiger charge is -2.35. The minimum Gasteiger partial charge on any atom is -0.369 e. The molecule has 3 aromatic rings. The molecule has 37 heavy (non-hydrogen) atoms. The third kappa shape index (κ3) is 6.25. The Labute approximate surface area is 217 Å². The van der Waals surface area contributed by atoms with Crippen molar-refractivity contribution in [1.29, 1.82) is 0 Å². The molecular formula is C29H32F2N2O3S. The third-order valence-electron chi connectivity index (χ3n) is 7.34. The predicted molar refractivity (Wildman–Crippen MR) is 139 cm³/mol. The number of sulfonamides is 1. The van der Waals surface area contributed by atoms with Gasteiger partial charge >= 0.3 is 0 Å². The Morgan fingerprint density at radius 1 is 0.919 bits per heavy atom. The molecule has 0 aliphatic heterocycles. The second kappa shape index (κ2) is 11.5. The van der Waals surface area contributed by atoms with Crippen LogP contribution in [-0.2, 0) is 21.4 Å². The van der Waals surface area contributed by atoms with Crippen LogP contribution in [-0.4, -0.2) is 25.2 Å². The third-order valence-corrected chi connectivity index (χ3v) is 9.17. The van der Waals surface area contributed by atoms with Crippen molar-refractivity contribution in [3.05, 3.63) is 101 Å². The summed E-state index contributed by atoms with van der Waals surface area (Å²) < 4.78 is 57.2. The van der Waals surface area contributed by atoms with Crippen LogP contribution in [0.25, 0.3) is 0 Å². The van der Waals surface area contributed by atoms with Crippen molar-refractivity contribution in [1.82, 2.24) is 4.31 Å². The molecule has 4 rings (SSSR count). The molecule has 1 unspecified atom stereocenters. The number of carbonyl (C=O) groups is 1. The fraction of sp³-hybridized carbons (Fsp3) is 0.345. The van der Waals surface area contributed by atoms with Gasteiger partial charge in [0.05, 0.1) is 10.8 Å². The lowest BCUT2D eigenvalue weighted by molar-refractivity contribution is -0.121. The second-order valence-corrected chi connectivity index (χ2v) is 11.8. The van der Waals surface area contributed by atoms with Crippen LogP contribution in [0.5, 0.6) is 0 Å². The van der Waals surface area contributed by atoms with Gasteiger partial charge in [0, 0.05) is 18.7 Å². The molecule has 0 aromatic heterocycles. The molecule has 2 N–H and O–H groups in total. The number of carbonyl (C=O) groups excluding carboxylic acids is 1. The predicted octanol–water partition coefficient (Wildman–Crippen LogP) is 5.54. The van der Waals surface area contributed by atoms with Crippen LogP contribution in [0.4, 0.5) is 8.78 Å². The van der Waals surface area contributed by atoms with Crippen molar-refractivity contribution in [2.75, 3.05) is 6.54 Å². The molecule has 1 aliphatic rings. The molecule has 1 amide bonds. The van der Waals surface area contributed by atoms with Crippen molar-refractivity contribution in [3.8, 4) is 0 Å². The van der Waals surface area contributed by atoms with Gasteiger partial charge in [-0.05, 0) is 74.3 Å². The minimum absolute atomic E-state index is 0.0175. The van der Waals surface area contributed by atoms with Gasteiger partial charge in [0.1, 0.15) is 11.6 Å². The van der Waals surface area contributed by atoms with E-state index < -0.39 is 34.1 Å². The first kappa shape index (κ1) is 26.9. The number of nitrogens with zero attached hydrogens (tertiary/aromatic N) is 1. The van der Waals surface area contributed by atoms with E-state index in [2.05, 4.69) is 0 Å². The summed E-state index contributed by atoms with van der Waals surface area (Å²) in [4.78, 5) is 12.4. The summed E-state index contributed by atoms with van der Waals surface area (Å²) in [6, 6.07) is 19.2. The zero-order valence-electron chi connectivity index (χ0n) is 20.8. The van der Waals surface area contributed by atoms with E-state index in [4.69, 9.17) is 5.73 Å². The van der Waals surface area contributed by atoms with Crippen LogP contribution < -0.4 is 5.73 Å². The van der Waals surface area contributed by atoms with E-state index >= 15 is 0 Å². The number of aryl methyl sites for hydroxylation is 1. The van der Waals surface area contributed by atoms with Gasteiger partial charge in [0.25, 0.3) is 0 Å². The number of nitrogens with two attached hydrogens (primary N) is 1. The van der Waals surface area contributed by atoms with Gasteiger partial charge in [-0.25, -0.2) is 17.2 Å². The van der Waals surface area contributed by atoms with Gasteiger partial charge in [-0.3, -0.25) is 4.79 Å². The number of hydrogen-bond acceptors (Lipinski definition) is 3. The largest absolute Gasteiger partial charge is 0.369 e.